The summed E-state index contributed by atoms with van der Waals surface area (Å²) in [5.41, 5.74) is 3.38. The first-order valence-electron chi connectivity index (χ1n) is 4.50. The summed E-state index contributed by atoms with van der Waals surface area (Å²) in [7, 11) is 0. The minimum absolute atomic E-state index is 0.197. The van der Waals surface area contributed by atoms with E-state index in [2.05, 4.69) is 9.99 Å². The van der Waals surface area contributed by atoms with Gasteiger partial charge in [0.2, 0.25) is 5.60 Å². The Morgan fingerprint density at radius 1 is 1.50 bits per heavy atom. The Labute approximate surface area is 79.1 Å². The number of nitrogens with zero attached hydrogens (tertiary/aromatic N) is 1. The standard InChI is InChI=1S/C8H11F3N2O/c9-8(10,11)7(4-12)3-6(13-14-7)5-1-2-5/h5H,1-4,12H2. The molecule has 1 fully saturated rings. The Kier molecular flexibility index (Phi) is 1.99. The fourth-order valence-corrected chi connectivity index (χ4v) is 1.52. The Bertz CT molecular complexity index is 272. The van der Waals surface area contributed by atoms with Gasteiger partial charge in [-0.3, -0.25) is 0 Å². The fourth-order valence-electron chi connectivity index (χ4n) is 1.52. The molecule has 1 aliphatic carbocycles. The van der Waals surface area contributed by atoms with Crippen LogP contribution in [-0.2, 0) is 4.84 Å². The molecule has 1 saturated carbocycles. The maximum Gasteiger partial charge on any atom is 0.432 e. The maximum absolute atomic E-state index is 12.6. The molecule has 0 bridgehead atoms. The van der Waals surface area contributed by atoms with Gasteiger partial charge in [-0.15, -0.1) is 0 Å². The quantitative estimate of drug-likeness (QED) is 0.746. The van der Waals surface area contributed by atoms with E-state index < -0.39 is 18.3 Å². The van der Waals surface area contributed by atoms with Crippen LogP contribution in [0, 0.1) is 5.92 Å². The summed E-state index contributed by atoms with van der Waals surface area (Å²) in [6.45, 7) is -0.573. The van der Waals surface area contributed by atoms with Crippen LogP contribution in [0.3, 0.4) is 0 Å². The van der Waals surface area contributed by atoms with Gasteiger partial charge in [-0.05, 0) is 12.8 Å². The highest BCUT2D eigenvalue weighted by atomic mass is 19.4. The van der Waals surface area contributed by atoms with Crippen molar-refractivity contribution in [3.05, 3.63) is 0 Å². The molecule has 80 valence electrons. The van der Waals surface area contributed by atoms with Gasteiger partial charge < -0.3 is 10.6 Å². The third kappa shape index (κ3) is 1.37. The Morgan fingerprint density at radius 2 is 2.14 bits per heavy atom. The third-order valence-corrected chi connectivity index (χ3v) is 2.70. The smallest absolute Gasteiger partial charge is 0.378 e. The van der Waals surface area contributed by atoms with Crippen LogP contribution >= 0.6 is 0 Å². The molecule has 1 atom stereocenters. The maximum atomic E-state index is 12.6. The van der Waals surface area contributed by atoms with Crippen LogP contribution in [-0.4, -0.2) is 24.0 Å². The van der Waals surface area contributed by atoms with Crippen LogP contribution < -0.4 is 5.73 Å². The van der Waals surface area contributed by atoms with E-state index in [0.717, 1.165) is 12.8 Å². The second kappa shape index (κ2) is 2.85. The summed E-state index contributed by atoms with van der Waals surface area (Å²) in [5, 5.41) is 3.51. The van der Waals surface area contributed by atoms with Crippen molar-refractivity contribution < 1.29 is 18.0 Å². The normalized spacial score (nSPS) is 32.7. The van der Waals surface area contributed by atoms with E-state index in [-0.39, 0.29) is 12.3 Å². The van der Waals surface area contributed by atoms with E-state index in [1.807, 2.05) is 0 Å². The summed E-state index contributed by atoms with van der Waals surface area (Å²) in [4.78, 5) is 4.51. The molecular formula is C8H11F3N2O. The Balaban J connectivity index is 2.11. The zero-order valence-corrected chi connectivity index (χ0v) is 7.47. The number of hydrogen-bond acceptors (Lipinski definition) is 3. The minimum atomic E-state index is -4.44. The predicted molar refractivity (Wildman–Crippen MR) is 43.7 cm³/mol. The first-order valence-corrected chi connectivity index (χ1v) is 4.50. The molecule has 0 spiro atoms. The van der Waals surface area contributed by atoms with Crippen LogP contribution in [0.4, 0.5) is 13.2 Å². The van der Waals surface area contributed by atoms with Crippen LogP contribution in [0.1, 0.15) is 19.3 Å². The van der Waals surface area contributed by atoms with E-state index in [0.29, 0.717) is 5.71 Å². The van der Waals surface area contributed by atoms with Gasteiger partial charge in [-0.25, -0.2) is 0 Å². The second-order valence-corrected chi connectivity index (χ2v) is 3.82. The van der Waals surface area contributed by atoms with Crippen LogP contribution in [0.5, 0.6) is 0 Å². The second-order valence-electron chi connectivity index (χ2n) is 3.82. The SMILES string of the molecule is NCC1(C(F)(F)F)CC(C2CC2)=NO1. The van der Waals surface area contributed by atoms with Crippen molar-refractivity contribution in [1.29, 1.82) is 0 Å². The highest BCUT2D eigenvalue weighted by molar-refractivity contribution is 5.90. The highest BCUT2D eigenvalue weighted by Gasteiger charge is 2.61. The molecule has 2 N–H and O–H groups in total. The fraction of sp³-hybridized carbons (Fsp3) is 0.875. The van der Waals surface area contributed by atoms with E-state index in [1.54, 1.807) is 0 Å². The third-order valence-electron chi connectivity index (χ3n) is 2.70. The molecule has 1 heterocycles. The van der Waals surface area contributed by atoms with Crippen molar-refractivity contribution in [3.63, 3.8) is 0 Å². The number of rotatable bonds is 2. The van der Waals surface area contributed by atoms with Gasteiger partial charge in [0.15, 0.2) is 0 Å². The molecule has 0 saturated heterocycles. The summed E-state index contributed by atoms with van der Waals surface area (Å²) in [6, 6.07) is 0. The van der Waals surface area contributed by atoms with Gasteiger partial charge in [-0.1, -0.05) is 5.16 Å². The average Bonchev–Trinajstić information content (AvgIpc) is 2.84. The zero-order chi connectivity index (χ0) is 10.4. The lowest BCUT2D eigenvalue weighted by atomic mass is 9.95. The largest absolute Gasteiger partial charge is 0.432 e. The lowest BCUT2D eigenvalue weighted by molar-refractivity contribution is -0.264. The molecule has 1 aliphatic heterocycles. The van der Waals surface area contributed by atoms with Crippen molar-refractivity contribution in [2.24, 2.45) is 16.8 Å². The molecule has 0 aromatic heterocycles. The molecule has 2 rings (SSSR count). The molecule has 2 aliphatic rings. The van der Waals surface area contributed by atoms with Gasteiger partial charge in [-0.2, -0.15) is 13.2 Å². The summed E-state index contributed by atoms with van der Waals surface area (Å²) in [5.74, 6) is 0.200. The van der Waals surface area contributed by atoms with E-state index in [1.165, 1.54) is 0 Å². The van der Waals surface area contributed by atoms with Crippen molar-refractivity contribution >= 4 is 5.71 Å². The monoisotopic (exact) mass is 208 g/mol. The van der Waals surface area contributed by atoms with Gasteiger partial charge in [0.05, 0.1) is 5.71 Å². The summed E-state index contributed by atoms with van der Waals surface area (Å²) < 4.78 is 37.8. The van der Waals surface area contributed by atoms with Gasteiger partial charge in [0.1, 0.15) is 0 Å². The van der Waals surface area contributed by atoms with Crippen LogP contribution in [0.25, 0.3) is 0 Å². The predicted octanol–water partition coefficient (Wildman–Crippen LogP) is 1.43. The lowest BCUT2D eigenvalue weighted by Crippen LogP contribution is -2.51. The van der Waals surface area contributed by atoms with Crippen molar-refractivity contribution in [1.82, 2.24) is 0 Å². The number of oxime groups is 1. The first-order chi connectivity index (χ1) is 6.48. The zero-order valence-electron chi connectivity index (χ0n) is 7.47. The molecular weight excluding hydrogens is 197 g/mol. The summed E-state index contributed by atoms with van der Waals surface area (Å²) in [6.07, 6.45) is -2.80. The topological polar surface area (TPSA) is 47.6 Å². The number of halogens is 3. The van der Waals surface area contributed by atoms with Crippen LogP contribution in [0.15, 0.2) is 5.16 Å². The molecule has 0 amide bonds. The summed E-state index contributed by atoms with van der Waals surface area (Å²) >= 11 is 0. The molecule has 0 radical (unpaired) electrons. The number of alkyl halides is 3. The average molecular weight is 208 g/mol. The highest BCUT2D eigenvalue weighted by Crippen LogP contribution is 2.44. The van der Waals surface area contributed by atoms with Gasteiger partial charge in [0, 0.05) is 18.9 Å². The van der Waals surface area contributed by atoms with Gasteiger partial charge in [0.25, 0.3) is 0 Å². The molecule has 1 unspecified atom stereocenters. The number of hydrogen-bond donors (Lipinski definition) is 1. The Morgan fingerprint density at radius 3 is 2.50 bits per heavy atom. The van der Waals surface area contributed by atoms with Crippen molar-refractivity contribution in [3.8, 4) is 0 Å². The molecule has 6 heteroatoms. The minimum Gasteiger partial charge on any atom is -0.378 e. The van der Waals surface area contributed by atoms with Gasteiger partial charge >= 0.3 is 6.18 Å². The molecule has 0 aromatic rings. The molecule has 0 aromatic carbocycles. The molecule has 14 heavy (non-hydrogen) atoms. The van der Waals surface area contributed by atoms with Crippen molar-refractivity contribution in [2.75, 3.05) is 6.54 Å². The van der Waals surface area contributed by atoms with E-state index in [9.17, 15) is 13.2 Å². The number of nitrogens with two attached hydrogens (primary N) is 1. The van der Waals surface area contributed by atoms with Crippen LogP contribution in [0.2, 0.25) is 0 Å². The first kappa shape index (κ1) is 9.76. The lowest BCUT2D eigenvalue weighted by Gasteiger charge is -2.27. The molecule has 3 nitrogen and oxygen atoms in total. The van der Waals surface area contributed by atoms with E-state index in [4.69, 9.17) is 5.73 Å². The van der Waals surface area contributed by atoms with Crippen molar-refractivity contribution in [2.45, 2.75) is 31.0 Å². The Hall–Kier alpha value is -0.780. The van der Waals surface area contributed by atoms with E-state index >= 15 is 0 Å².